The third-order valence-electron chi connectivity index (χ3n) is 3.18. The Morgan fingerprint density at radius 2 is 2.05 bits per heavy atom. The maximum absolute atomic E-state index is 11.4. The molecule has 0 atom stereocenters. The van der Waals surface area contributed by atoms with Gasteiger partial charge in [0.05, 0.1) is 5.02 Å². The van der Waals surface area contributed by atoms with Gasteiger partial charge in [0.25, 0.3) is 0 Å². The van der Waals surface area contributed by atoms with Crippen LogP contribution in [0.15, 0.2) is 12.3 Å². The summed E-state index contributed by atoms with van der Waals surface area (Å²) in [6, 6.07) is 1.97. The van der Waals surface area contributed by atoms with Gasteiger partial charge in [0, 0.05) is 53.7 Å². The summed E-state index contributed by atoms with van der Waals surface area (Å²) in [4.78, 5) is 6.60. The molecule has 1 aromatic rings. The van der Waals surface area contributed by atoms with Gasteiger partial charge in [0.1, 0.15) is 5.82 Å². The maximum atomic E-state index is 11.4. The van der Waals surface area contributed by atoms with Crippen molar-refractivity contribution in [2.24, 2.45) is 0 Å². The number of hydrogen-bond acceptors (Lipinski definition) is 4. The number of pyridine rings is 1. The lowest BCUT2D eigenvalue weighted by atomic mass is 10.1. The van der Waals surface area contributed by atoms with E-state index in [9.17, 15) is 4.21 Å². The molecule has 1 aliphatic heterocycles. The number of nitrogens with one attached hydrogen (secondary N) is 1. The van der Waals surface area contributed by atoms with E-state index in [2.05, 4.69) is 36.0 Å². The fourth-order valence-electron chi connectivity index (χ4n) is 2.02. The van der Waals surface area contributed by atoms with Crippen molar-refractivity contribution in [3.8, 4) is 0 Å². The normalized spacial score (nSPS) is 17.5. The monoisotopic (exact) mass is 315 g/mol. The van der Waals surface area contributed by atoms with Gasteiger partial charge in [-0.05, 0) is 32.4 Å². The molecule has 1 saturated heterocycles. The first-order valence-corrected chi connectivity index (χ1v) is 8.71. The standard InChI is InChI=1S/C14H22ClN3OS/c1-14(2,3)17-10-11-8-12(15)13(16-9-11)18-4-6-20(19)7-5-18/h8-9,17H,4-7,10H2,1-3H3. The van der Waals surface area contributed by atoms with Gasteiger partial charge in [-0.15, -0.1) is 0 Å². The molecule has 4 nitrogen and oxygen atoms in total. The highest BCUT2D eigenvalue weighted by Gasteiger charge is 2.19. The van der Waals surface area contributed by atoms with E-state index in [-0.39, 0.29) is 5.54 Å². The Morgan fingerprint density at radius 3 is 2.60 bits per heavy atom. The zero-order valence-corrected chi connectivity index (χ0v) is 13.9. The van der Waals surface area contributed by atoms with Crippen LogP contribution in [-0.2, 0) is 17.3 Å². The predicted octanol–water partition coefficient (Wildman–Crippen LogP) is 2.19. The predicted molar refractivity (Wildman–Crippen MR) is 85.9 cm³/mol. The fraction of sp³-hybridized carbons (Fsp3) is 0.643. The van der Waals surface area contributed by atoms with Crippen LogP contribution < -0.4 is 10.2 Å². The lowest BCUT2D eigenvalue weighted by Crippen LogP contribution is -2.38. The Kier molecular flexibility index (Phi) is 5.04. The van der Waals surface area contributed by atoms with Gasteiger partial charge in [-0.2, -0.15) is 0 Å². The zero-order valence-electron chi connectivity index (χ0n) is 12.3. The first-order valence-electron chi connectivity index (χ1n) is 6.84. The number of nitrogens with zero attached hydrogens (tertiary/aromatic N) is 2. The number of aromatic nitrogens is 1. The summed E-state index contributed by atoms with van der Waals surface area (Å²) in [5, 5.41) is 4.09. The van der Waals surface area contributed by atoms with Crippen LogP contribution >= 0.6 is 11.6 Å². The van der Waals surface area contributed by atoms with Gasteiger partial charge in [0.15, 0.2) is 0 Å². The van der Waals surface area contributed by atoms with Gasteiger partial charge in [-0.25, -0.2) is 4.98 Å². The Balaban J connectivity index is 2.04. The topological polar surface area (TPSA) is 45.2 Å². The quantitative estimate of drug-likeness (QED) is 0.929. The van der Waals surface area contributed by atoms with Crippen molar-refractivity contribution in [1.82, 2.24) is 10.3 Å². The van der Waals surface area contributed by atoms with Crippen LogP contribution in [0, 0.1) is 0 Å². The summed E-state index contributed by atoms with van der Waals surface area (Å²) in [6.45, 7) is 8.66. The largest absolute Gasteiger partial charge is 0.354 e. The number of halogens is 1. The Hall–Kier alpha value is -0.650. The van der Waals surface area contributed by atoms with Gasteiger partial charge in [-0.1, -0.05) is 11.6 Å². The summed E-state index contributed by atoms with van der Waals surface area (Å²) in [5.41, 5.74) is 1.15. The first kappa shape index (κ1) is 15.7. The highest BCUT2D eigenvalue weighted by Crippen LogP contribution is 2.25. The van der Waals surface area contributed by atoms with E-state index >= 15 is 0 Å². The lowest BCUT2D eigenvalue weighted by molar-refractivity contribution is 0.424. The van der Waals surface area contributed by atoms with Crippen LogP contribution in [0.5, 0.6) is 0 Å². The fourth-order valence-corrected chi connectivity index (χ4v) is 3.38. The second kappa shape index (κ2) is 6.41. The third-order valence-corrected chi connectivity index (χ3v) is 4.73. The molecular formula is C14H22ClN3OS. The molecule has 1 N–H and O–H groups in total. The average Bonchev–Trinajstić information content (AvgIpc) is 2.37. The summed E-state index contributed by atoms with van der Waals surface area (Å²) in [7, 11) is -0.681. The van der Waals surface area contributed by atoms with E-state index < -0.39 is 10.8 Å². The van der Waals surface area contributed by atoms with Crippen molar-refractivity contribution in [3.05, 3.63) is 22.8 Å². The molecule has 0 saturated carbocycles. The highest BCUT2D eigenvalue weighted by molar-refractivity contribution is 7.85. The molecule has 0 radical (unpaired) electrons. The number of hydrogen-bond donors (Lipinski definition) is 1. The molecule has 112 valence electrons. The molecule has 20 heavy (non-hydrogen) atoms. The molecule has 2 rings (SSSR count). The number of rotatable bonds is 3. The van der Waals surface area contributed by atoms with E-state index in [0.29, 0.717) is 16.5 Å². The minimum atomic E-state index is -0.681. The van der Waals surface area contributed by atoms with Gasteiger partial charge < -0.3 is 10.2 Å². The van der Waals surface area contributed by atoms with Gasteiger partial charge in [-0.3, -0.25) is 4.21 Å². The van der Waals surface area contributed by atoms with Crippen molar-refractivity contribution in [1.29, 1.82) is 0 Å². The van der Waals surface area contributed by atoms with Crippen LogP contribution in [-0.4, -0.2) is 39.3 Å². The molecule has 0 aliphatic carbocycles. The van der Waals surface area contributed by atoms with Crippen LogP contribution in [0.4, 0.5) is 5.82 Å². The van der Waals surface area contributed by atoms with E-state index in [0.717, 1.165) is 31.0 Å². The smallest absolute Gasteiger partial charge is 0.147 e. The van der Waals surface area contributed by atoms with Crippen molar-refractivity contribution in [2.45, 2.75) is 32.9 Å². The molecule has 1 aliphatic rings. The van der Waals surface area contributed by atoms with E-state index in [1.54, 1.807) is 0 Å². The molecule has 6 heteroatoms. The molecule has 0 bridgehead atoms. The molecule has 0 spiro atoms. The molecular weight excluding hydrogens is 294 g/mol. The SMILES string of the molecule is CC(C)(C)NCc1cnc(N2CCS(=O)CC2)c(Cl)c1. The van der Waals surface area contributed by atoms with E-state index in [1.165, 1.54) is 0 Å². The highest BCUT2D eigenvalue weighted by atomic mass is 35.5. The van der Waals surface area contributed by atoms with Crippen LogP contribution in [0.2, 0.25) is 5.02 Å². The summed E-state index contributed by atoms with van der Waals surface area (Å²) >= 11 is 6.34. The van der Waals surface area contributed by atoms with Crippen molar-refractivity contribution in [3.63, 3.8) is 0 Å². The zero-order chi connectivity index (χ0) is 14.8. The van der Waals surface area contributed by atoms with Crippen LogP contribution in [0.3, 0.4) is 0 Å². The van der Waals surface area contributed by atoms with Crippen LogP contribution in [0.25, 0.3) is 0 Å². The Bertz CT molecular complexity index is 492. The lowest BCUT2D eigenvalue weighted by Gasteiger charge is -2.28. The van der Waals surface area contributed by atoms with E-state index in [1.807, 2.05) is 12.3 Å². The molecule has 0 aromatic carbocycles. The minimum Gasteiger partial charge on any atom is -0.354 e. The Labute approximate surface area is 128 Å². The van der Waals surface area contributed by atoms with Crippen molar-refractivity contribution < 1.29 is 4.21 Å². The molecule has 1 fully saturated rings. The summed E-state index contributed by atoms with van der Waals surface area (Å²) in [6.07, 6.45) is 1.87. The molecule has 2 heterocycles. The van der Waals surface area contributed by atoms with Crippen molar-refractivity contribution >= 4 is 28.2 Å². The second-order valence-electron chi connectivity index (χ2n) is 6.09. The molecule has 0 unspecified atom stereocenters. The second-order valence-corrected chi connectivity index (χ2v) is 8.19. The summed E-state index contributed by atoms with van der Waals surface area (Å²) < 4.78 is 11.4. The first-order chi connectivity index (χ1) is 9.35. The average molecular weight is 316 g/mol. The van der Waals surface area contributed by atoms with Crippen LogP contribution in [0.1, 0.15) is 26.3 Å². The van der Waals surface area contributed by atoms with Gasteiger partial charge >= 0.3 is 0 Å². The minimum absolute atomic E-state index is 0.0715. The molecule has 0 amide bonds. The van der Waals surface area contributed by atoms with E-state index in [4.69, 9.17) is 11.6 Å². The number of anilines is 1. The van der Waals surface area contributed by atoms with Crippen molar-refractivity contribution in [2.75, 3.05) is 29.5 Å². The third kappa shape index (κ3) is 4.43. The Morgan fingerprint density at radius 1 is 1.40 bits per heavy atom. The van der Waals surface area contributed by atoms with Gasteiger partial charge in [0.2, 0.25) is 0 Å². The summed E-state index contributed by atoms with van der Waals surface area (Å²) in [5.74, 6) is 2.21. The maximum Gasteiger partial charge on any atom is 0.147 e. The molecule has 1 aromatic heterocycles.